The average molecular weight is 488 g/mol. The van der Waals surface area contributed by atoms with Crippen LogP contribution in [0, 0.1) is 5.41 Å². The maximum atomic E-state index is 5.62. The van der Waals surface area contributed by atoms with Gasteiger partial charge in [-0.15, -0.1) is 12.4 Å². The van der Waals surface area contributed by atoms with Gasteiger partial charge in [-0.3, -0.25) is 4.90 Å². The molecule has 0 unspecified atom stereocenters. The number of anilines is 2. The Morgan fingerprint density at radius 2 is 1.68 bits per heavy atom. The van der Waals surface area contributed by atoms with Crippen LogP contribution in [-0.2, 0) is 4.74 Å². The Morgan fingerprint density at radius 1 is 0.941 bits per heavy atom. The summed E-state index contributed by atoms with van der Waals surface area (Å²) in [5.74, 6) is 0. The van der Waals surface area contributed by atoms with Crippen LogP contribution < -0.4 is 9.80 Å². The molecule has 0 atom stereocenters. The quantitative estimate of drug-likeness (QED) is 0.463. The highest BCUT2D eigenvalue weighted by Crippen LogP contribution is 2.50. The minimum absolute atomic E-state index is 0. The van der Waals surface area contributed by atoms with Crippen molar-refractivity contribution in [3.63, 3.8) is 0 Å². The first-order chi connectivity index (χ1) is 16.2. The Bertz CT molecular complexity index is 819. The van der Waals surface area contributed by atoms with E-state index >= 15 is 0 Å². The van der Waals surface area contributed by atoms with E-state index in [2.05, 4.69) is 45.9 Å². The molecule has 1 spiro atoms. The van der Waals surface area contributed by atoms with E-state index in [0.717, 1.165) is 39.0 Å². The standard InChI is InChI=1S/C29H45N3O.ClH/c1-3-16-30-19-21-32(22-20-30)28-7-6-25(31-17-10-26(33-2)11-18-31)23-27(28)24-8-14-29(15-9-24)12-4-5-13-29;/h6-8,23,26H,3-5,9-22H2,1-2H3;1H. The van der Waals surface area contributed by atoms with Gasteiger partial charge >= 0.3 is 0 Å². The Kier molecular flexibility index (Phi) is 8.87. The molecular formula is C29H46ClN3O. The molecule has 4 nitrogen and oxygen atoms in total. The van der Waals surface area contributed by atoms with E-state index in [4.69, 9.17) is 4.74 Å². The van der Waals surface area contributed by atoms with Crippen LogP contribution in [0.15, 0.2) is 24.3 Å². The van der Waals surface area contributed by atoms with Gasteiger partial charge in [0.2, 0.25) is 0 Å². The normalized spacial score (nSPS) is 23.8. The molecule has 2 heterocycles. The van der Waals surface area contributed by atoms with E-state index in [0.29, 0.717) is 11.5 Å². The molecule has 5 rings (SSSR count). The molecule has 0 radical (unpaired) electrons. The van der Waals surface area contributed by atoms with Crippen molar-refractivity contribution < 1.29 is 4.74 Å². The van der Waals surface area contributed by atoms with Crippen LogP contribution >= 0.6 is 12.4 Å². The van der Waals surface area contributed by atoms with Gasteiger partial charge in [0.25, 0.3) is 0 Å². The summed E-state index contributed by atoms with van der Waals surface area (Å²) in [6.07, 6.45) is 16.4. The lowest BCUT2D eigenvalue weighted by molar-refractivity contribution is 0.0819. The number of halogens is 1. The van der Waals surface area contributed by atoms with Gasteiger partial charge in [-0.1, -0.05) is 25.8 Å². The minimum atomic E-state index is 0. The maximum Gasteiger partial charge on any atom is 0.0605 e. The zero-order valence-corrected chi connectivity index (χ0v) is 22.4. The third-order valence-electron chi connectivity index (χ3n) is 9.09. The highest BCUT2D eigenvalue weighted by Gasteiger charge is 2.35. The number of hydrogen-bond donors (Lipinski definition) is 0. The number of rotatable bonds is 6. The molecule has 1 aromatic carbocycles. The van der Waals surface area contributed by atoms with Gasteiger partial charge in [0.1, 0.15) is 0 Å². The summed E-state index contributed by atoms with van der Waals surface area (Å²) in [4.78, 5) is 7.89. The second-order valence-electron chi connectivity index (χ2n) is 11.1. The molecule has 2 aliphatic carbocycles. The summed E-state index contributed by atoms with van der Waals surface area (Å²) in [6.45, 7) is 10.5. The summed E-state index contributed by atoms with van der Waals surface area (Å²) in [5.41, 5.74) is 6.67. The number of hydrogen-bond acceptors (Lipinski definition) is 4. The zero-order chi connectivity index (χ0) is 22.7. The maximum absolute atomic E-state index is 5.62. The van der Waals surface area contributed by atoms with Crippen LogP contribution in [0.25, 0.3) is 5.57 Å². The van der Waals surface area contributed by atoms with Crippen molar-refractivity contribution >= 4 is 29.4 Å². The summed E-state index contributed by atoms with van der Waals surface area (Å²) in [5, 5.41) is 0. The molecular weight excluding hydrogens is 442 g/mol. The average Bonchev–Trinajstić information content (AvgIpc) is 3.33. The molecule has 5 heteroatoms. The van der Waals surface area contributed by atoms with Gasteiger partial charge in [0.15, 0.2) is 0 Å². The van der Waals surface area contributed by atoms with E-state index in [1.165, 1.54) is 87.9 Å². The Labute approximate surface area is 214 Å². The molecule has 0 amide bonds. The summed E-state index contributed by atoms with van der Waals surface area (Å²) in [6, 6.07) is 7.38. The van der Waals surface area contributed by atoms with E-state index in [-0.39, 0.29) is 12.4 Å². The molecule has 1 saturated carbocycles. The first kappa shape index (κ1) is 25.9. The number of benzene rings is 1. The molecule has 190 valence electrons. The molecule has 1 aromatic rings. The lowest BCUT2D eigenvalue weighted by atomic mass is 9.72. The van der Waals surface area contributed by atoms with E-state index in [1.807, 2.05) is 7.11 Å². The smallest absolute Gasteiger partial charge is 0.0605 e. The molecule has 0 bridgehead atoms. The van der Waals surface area contributed by atoms with Crippen LogP contribution in [0.1, 0.15) is 76.7 Å². The van der Waals surface area contributed by atoms with Gasteiger partial charge in [-0.2, -0.15) is 0 Å². The fourth-order valence-electron chi connectivity index (χ4n) is 6.90. The van der Waals surface area contributed by atoms with Crippen LogP contribution in [0.3, 0.4) is 0 Å². The van der Waals surface area contributed by atoms with Crippen LogP contribution in [0.5, 0.6) is 0 Å². The van der Waals surface area contributed by atoms with Gasteiger partial charge in [-0.05, 0) is 87.1 Å². The van der Waals surface area contributed by atoms with Gasteiger partial charge in [0.05, 0.1) is 6.10 Å². The Balaban J connectivity index is 0.00000274. The van der Waals surface area contributed by atoms with Gasteiger partial charge in [0, 0.05) is 63.3 Å². The van der Waals surface area contributed by atoms with Crippen molar-refractivity contribution in [1.29, 1.82) is 0 Å². The second-order valence-corrected chi connectivity index (χ2v) is 11.1. The number of methoxy groups -OCH3 is 1. The largest absolute Gasteiger partial charge is 0.381 e. The van der Waals surface area contributed by atoms with Crippen LogP contribution in [-0.4, -0.2) is 63.9 Å². The fourth-order valence-corrected chi connectivity index (χ4v) is 6.90. The predicted molar refractivity (Wildman–Crippen MR) is 148 cm³/mol. The van der Waals surface area contributed by atoms with Crippen molar-refractivity contribution in [2.24, 2.45) is 5.41 Å². The SMILES string of the molecule is CCCN1CCN(c2ccc(N3CCC(OC)CC3)cc2C2=CCC3(CCCC3)CC2)CC1.Cl. The number of nitrogens with zero attached hydrogens (tertiary/aromatic N) is 3. The zero-order valence-electron chi connectivity index (χ0n) is 21.6. The van der Waals surface area contributed by atoms with Crippen molar-refractivity contribution in [1.82, 2.24) is 4.90 Å². The van der Waals surface area contributed by atoms with Gasteiger partial charge in [-0.25, -0.2) is 0 Å². The summed E-state index contributed by atoms with van der Waals surface area (Å²) in [7, 11) is 1.86. The molecule has 34 heavy (non-hydrogen) atoms. The van der Waals surface area contributed by atoms with E-state index in [1.54, 1.807) is 5.57 Å². The molecule has 0 N–H and O–H groups in total. The Hall–Kier alpha value is -1.23. The summed E-state index contributed by atoms with van der Waals surface area (Å²) >= 11 is 0. The monoisotopic (exact) mass is 487 g/mol. The van der Waals surface area contributed by atoms with Crippen molar-refractivity contribution in [2.45, 2.75) is 77.2 Å². The van der Waals surface area contributed by atoms with Gasteiger partial charge < -0.3 is 14.5 Å². The van der Waals surface area contributed by atoms with E-state index in [9.17, 15) is 0 Å². The minimum Gasteiger partial charge on any atom is -0.381 e. The number of piperazine rings is 1. The van der Waals surface area contributed by atoms with Crippen LogP contribution in [0.4, 0.5) is 11.4 Å². The predicted octanol–water partition coefficient (Wildman–Crippen LogP) is 6.38. The fraction of sp³-hybridized carbons (Fsp3) is 0.724. The lowest BCUT2D eigenvalue weighted by Gasteiger charge is -2.39. The third kappa shape index (κ3) is 5.60. The lowest BCUT2D eigenvalue weighted by Crippen LogP contribution is -2.46. The van der Waals surface area contributed by atoms with Crippen molar-refractivity contribution in [2.75, 3.05) is 62.7 Å². The molecule has 3 fully saturated rings. The molecule has 2 aliphatic heterocycles. The second kappa shape index (κ2) is 11.7. The number of allylic oxidation sites excluding steroid dienone is 2. The van der Waals surface area contributed by atoms with E-state index < -0.39 is 0 Å². The first-order valence-electron chi connectivity index (χ1n) is 13.8. The number of ether oxygens (including phenoxy) is 1. The summed E-state index contributed by atoms with van der Waals surface area (Å²) < 4.78 is 5.62. The highest BCUT2D eigenvalue weighted by molar-refractivity contribution is 5.85. The first-order valence-corrected chi connectivity index (χ1v) is 13.8. The van der Waals surface area contributed by atoms with Crippen molar-refractivity contribution in [3.8, 4) is 0 Å². The Morgan fingerprint density at radius 3 is 2.29 bits per heavy atom. The number of piperidine rings is 1. The molecule has 0 aromatic heterocycles. The van der Waals surface area contributed by atoms with Crippen molar-refractivity contribution in [3.05, 3.63) is 29.8 Å². The molecule has 2 saturated heterocycles. The third-order valence-corrected chi connectivity index (χ3v) is 9.09. The highest BCUT2D eigenvalue weighted by atomic mass is 35.5. The van der Waals surface area contributed by atoms with Crippen LogP contribution in [0.2, 0.25) is 0 Å². The topological polar surface area (TPSA) is 19.0 Å². The molecule has 4 aliphatic rings.